The first kappa shape index (κ1) is 16.9. The number of amides is 1. The molecule has 0 unspecified atom stereocenters. The normalized spacial score (nSPS) is 12.4. The topological polar surface area (TPSA) is 73.9 Å². The highest BCUT2D eigenvalue weighted by Crippen LogP contribution is 2.32. The van der Waals surface area contributed by atoms with Crippen molar-refractivity contribution in [2.75, 3.05) is 25.1 Å². The van der Waals surface area contributed by atoms with Gasteiger partial charge in [-0.3, -0.25) is 4.79 Å². The molecule has 27 heavy (non-hydrogen) atoms. The molecular weight excluding hydrogens is 346 g/mol. The number of ether oxygens (including phenoxy) is 3. The Kier molecular flexibility index (Phi) is 4.61. The Balaban J connectivity index is 1.36. The van der Waals surface area contributed by atoms with Crippen molar-refractivity contribution in [1.82, 2.24) is 0 Å². The van der Waals surface area contributed by atoms with Crippen LogP contribution in [0.25, 0.3) is 10.8 Å². The summed E-state index contributed by atoms with van der Waals surface area (Å²) in [5.41, 5.74) is 0.951. The Morgan fingerprint density at radius 2 is 1.67 bits per heavy atom. The van der Waals surface area contributed by atoms with Crippen molar-refractivity contribution in [3.63, 3.8) is 0 Å². The van der Waals surface area contributed by atoms with Crippen LogP contribution in [0, 0.1) is 0 Å². The van der Waals surface area contributed by atoms with Gasteiger partial charge in [-0.2, -0.15) is 0 Å². The first-order valence-corrected chi connectivity index (χ1v) is 8.54. The minimum Gasteiger partial charge on any atom is -0.486 e. The van der Waals surface area contributed by atoms with Crippen molar-refractivity contribution >= 4 is 28.3 Å². The fourth-order valence-corrected chi connectivity index (χ4v) is 2.85. The van der Waals surface area contributed by atoms with E-state index in [1.54, 1.807) is 30.3 Å². The van der Waals surface area contributed by atoms with Gasteiger partial charge in [0.25, 0.3) is 5.91 Å². The molecule has 0 atom stereocenters. The molecule has 6 heteroatoms. The maximum absolute atomic E-state index is 12.2. The Labute approximate surface area is 155 Å². The van der Waals surface area contributed by atoms with E-state index in [1.807, 2.05) is 30.3 Å². The second-order valence-corrected chi connectivity index (χ2v) is 6.04. The van der Waals surface area contributed by atoms with Crippen molar-refractivity contribution in [2.45, 2.75) is 0 Å². The minimum atomic E-state index is -0.543. The van der Waals surface area contributed by atoms with Crippen LogP contribution in [0.4, 0.5) is 5.69 Å². The van der Waals surface area contributed by atoms with Crippen LogP contribution in [0.1, 0.15) is 10.4 Å². The van der Waals surface area contributed by atoms with E-state index >= 15 is 0 Å². The zero-order chi connectivity index (χ0) is 18.6. The molecule has 136 valence electrons. The average Bonchev–Trinajstić information content (AvgIpc) is 2.71. The highest BCUT2D eigenvalue weighted by molar-refractivity contribution is 5.98. The van der Waals surface area contributed by atoms with Gasteiger partial charge in [0, 0.05) is 11.8 Å². The van der Waals surface area contributed by atoms with Gasteiger partial charge in [-0.05, 0) is 35.0 Å². The van der Waals surface area contributed by atoms with E-state index in [2.05, 4.69) is 5.32 Å². The lowest BCUT2D eigenvalue weighted by Crippen LogP contribution is -2.21. The number of benzene rings is 3. The van der Waals surface area contributed by atoms with Gasteiger partial charge in [-0.1, -0.05) is 30.3 Å². The summed E-state index contributed by atoms with van der Waals surface area (Å²) in [7, 11) is 0. The van der Waals surface area contributed by atoms with Gasteiger partial charge in [0.2, 0.25) is 0 Å². The van der Waals surface area contributed by atoms with Gasteiger partial charge in [-0.25, -0.2) is 4.79 Å². The van der Waals surface area contributed by atoms with E-state index in [9.17, 15) is 9.59 Å². The number of carbonyl (C=O) groups is 2. The van der Waals surface area contributed by atoms with E-state index in [0.29, 0.717) is 36.0 Å². The van der Waals surface area contributed by atoms with Gasteiger partial charge in [0.05, 0.1) is 5.56 Å². The average molecular weight is 363 g/mol. The van der Waals surface area contributed by atoms with E-state index in [1.165, 1.54) is 0 Å². The molecule has 0 aliphatic carbocycles. The van der Waals surface area contributed by atoms with Crippen molar-refractivity contribution < 1.29 is 23.8 Å². The molecule has 0 bridgehead atoms. The summed E-state index contributed by atoms with van der Waals surface area (Å²) in [6, 6.07) is 18.1. The predicted octanol–water partition coefficient (Wildman–Crippen LogP) is 3.41. The number of carbonyl (C=O) groups excluding carboxylic acids is 2. The molecule has 1 heterocycles. The van der Waals surface area contributed by atoms with Crippen LogP contribution in [0.5, 0.6) is 11.5 Å². The fraction of sp³-hybridized carbons (Fsp3) is 0.143. The van der Waals surface area contributed by atoms with Crippen LogP contribution < -0.4 is 14.8 Å². The van der Waals surface area contributed by atoms with E-state index in [-0.39, 0.29) is 6.61 Å². The lowest BCUT2D eigenvalue weighted by atomic mass is 10.1. The van der Waals surface area contributed by atoms with Crippen molar-refractivity contribution in [3.05, 3.63) is 66.2 Å². The zero-order valence-corrected chi connectivity index (χ0v) is 14.4. The Bertz CT molecular complexity index is 1010. The molecule has 1 aliphatic rings. The number of esters is 1. The van der Waals surface area contributed by atoms with Crippen LogP contribution in [0.3, 0.4) is 0 Å². The third-order valence-electron chi connectivity index (χ3n) is 4.15. The van der Waals surface area contributed by atoms with Gasteiger partial charge >= 0.3 is 5.97 Å². The van der Waals surface area contributed by atoms with E-state index in [4.69, 9.17) is 14.2 Å². The predicted molar refractivity (Wildman–Crippen MR) is 100 cm³/mol. The maximum Gasteiger partial charge on any atom is 0.338 e. The van der Waals surface area contributed by atoms with Gasteiger partial charge in [-0.15, -0.1) is 0 Å². The molecule has 0 saturated carbocycles. The molecule has 0 aromatic heterocycles. The van der Waals surface area contributed by atoms with Crippen molar-refractivity contribution in [2.24, 2.45) is 0 Å². The first-order chi connectivity index (χ1) is 13.2. The number of anilines is 1. The summed E-state index contributed by atoms with van der Waals surface area (Å²) in [6.45, 7) is 0.595. The van der Waals surface area contributed by atoms with Gasteiger partial charge in [0.1, 0.15) is 13.2 Å². The van der Waals surface area contributed by atoms with Gasteiger partial charge in [0.15, 0.2) is 18.1 Å². The summed E-state index contributed by atoms with van der Waals surface area (Å²) in [6.07, 6.45) is 0. The molecule has 1 N–H and O–H groups in total. The lowest BCUT2D eigenvalue weighted by Gasteiger charge is -2.19. The van der Waals surface area contributed by atoms with Crippen LogP contribution >= 0.6 is 0 Å². The third-order valence-corrected chi connectivity index (χ3v) is 4.15. The zero-order valence-electron chi connectivity index (χ0n) is 14.4. The summed E-state index contributed by atoms with van der Waals surface area (Å²) in [5, 5.41) is 4.65. The molecule has 1 aliphatic heterocycles. The van der Waals surface area contributed by atoms with E-state index < -0.39 is 11.9 Å². The Morgan fingerprint density at radius 1 is 0.889 bits per heavy atom. The highest BCUT2D eigenvalue weighted by atomic mass is 16.6. The number of rotatable bonds is 4. The molecule has 0 saturated heterocycles. The standard InChI is InChI=1S/C21H17NO5/c23-20(22-17-7-8-18-19(12-17)26-10-9-25-18)13-27-21(24)16-6-5-14-3-1-2-4-15(14)11-16/h1-8,11-12H,9-10,13H2,(H,22,23). The molecule has 6 nitrogen and oxygen atoms in total. The molecule has 1 amide bonds. The molecule has 3 aromatic rings. The smallest absolute Gasteiger partial charge is 0.338 e. The number of hydrogen-bond donors (Lipinski definition) is 1. The molecule has 4 rings (SSSR count). The third kappa shape index (κ3) is 3.84. The van der Waals surface area contributed by atoms with Crippen molar-refractivity contribution in [1.29, 1.82) is 0 Å². The van der Waals surface area contributed by atoms with E-state index in [0.717, 1.165) is 10.8 Å². The largest absolute Gasteiger partial charge is 0.486 e. The Hall–Kier alpha value is -3.54. The summed E-state index contributed by atoms with van der Waals surface area (Å²) in [4.78, 5) is 24.3. The number of nitrogens with one attached hydrogen (secondary N) is 1. The minimum absolute atomic E-state index is 0.375. The number of hydrogen-bond acceptors (Lipinski definition) is 5. The molecular formula is C21H17NO5. The summed E-state index contributed by atoms with van der Waals surface area (Å²) < 4.78 is 16.0. The number of fused-ring (bicyclic) bond motifs is 2. The Morgan fingerprint density at radius 3 is 2.52 bits per heavy atom. The first-order valence-electron chi connectivity index (χ1n) is 8.54. The summed E-state index contributed by atoms with van der Waals surface area (Å²) in [5.74, 6) is 0.244. The lowest BCUT2D eigenvalue weighted by molar-refractivity contribution is -0.119. The van der Waals surface area contributed by atoms with Crippen LogP contribution in [0.2, 0.25) is 0 Å². The van der Waals surface area contributed by atoms with Gasteiger partial charge < -0.3 is 19.5 Å². The second-order valence-electron chi connectivity index (χ2n) is 6.04. The molecule has 0 fully saturated rings. The monoisotopic (exact) mass is 363 g/mol. The quantitative estimate of drug-likeness (QED) is 0.719. The highest BCUT2D eigenvalue weighted by Gasteiger charge is 2.14. The molecule has 0 spiro atoms. The van der Waals surface area contributed by atoms with Crippen LogP contribution in [-0.2, 0) is 9.53 Å². The summed E-state index contributed by atoms with van der Waals surface area (Å²) >= 11 is 0. The second kappa shape index (κ2) is 7.37. The van der Waals surface area contributed by atoms with Crippen LogP contribution in [-0.4, -0.2) is 31.7 Å². The van der Waals surface area contributed by atoms with Crippen LogP contribution in [0.15, 0.2) is 60.7 Å². The van der Waals surface area contributed by atoms with Crippen molar-refractivity contribution in [3.8, 4) is 11.5 Å². The molecule has 3 aromatic carbocycles. The molecule has 0 radical (unpaired) electrons. The SMILES string of the molecule is O=C(COC(=O)c1ccc2ccccc2c1)Nc1ccc2c(c1)OCCO2. The maximum atomic E-state index is 12.2. The fourth-order valence-electron chi connectivity index (χ4n) is 2.85.